The monoisotopic (exact) mass is 413 g/mol. The first kappa shape index (κ1) is 15.9. The van der Waals surface area contributed by atoms with Crippen LogP contribution in [-0.2, 0) is 0 Å². The summed E-state index contributed by atoms with van der Waals surface area (Å²) in [5.74, 6) is 0.818. The summed E-state index contributed by atoms with van der Waals surface area (Å²) in [6, 6.07) is 8.43. The quantitative estimate of drug-likeness (QED) is 0.605. The second-order valence-electron chi connectivity index (χ2n) is 4.26. The summed E-state index contributed by atoms with van der Waals surface area (Å²) in [5.41, 5.74) is 7.15. The number of carbonyl (C=O) groups excluding carboxylic acids is 1. The van der Waals surface area contributed by atoms with E-state index in [1.54, 1.807) is 30.3 Å². The van der Waals surface area contributed by atoms with E-state index >= 15 is 0 Å². The molecule has 0 aromatic heterocycles. The Kier molecular flexibility index (Phi) is 4.90. The molecule has 0 saturated heterocycles. The van der Waals surface area contributed by atoms with E-state index in [1.165, 1.54) is 14.2 Å². The highest BCUT2D eigenvalue weighted by Crippen LogP contribution is 2.35. The summed E-state index contributed by atoms with van der Waals surface area (Å²) in [6.07, 6.45) is 0. The molecule has 0 fully saturated rings. The number of nitrogen functional groups attached to an aromatic ring is 1. The highest BCUT2D eigenvalue weighted by Gasteiger charge is 2.20. The van der Waals surface area contributed by atoms with Crippen LogP contribution in [0.15, 0.2) is 39.3 Å². The Labute approximate surface area is 139 Å². The van der Waals surface area contributed by atoms with Crippen molar-refractivity contribution in [3.05, 3.63) is 50.4 Å². The first-order valence-corrected chi connectivity index (χ1v) is 7.57. The maximum Gasteiger partial charge on any atom is 0.198 e. The molecule has 2 N–H and O–H groups in total. The molecule has 0 amide bonds. The van der Waals surface area contributed by atoms with Gasteiger partial charge < -0.3 is 15.2 Å². The fourth-order valence-corrected chi connectivity index (χ4v) is 2.81. The van der Waals surface area contributed by atoms with Crippen molar-refractivity contribution in [2.24, 2.45) is 0 Å². The Morgan fingerprint density at radius 3 is 2.24 bits per heavy atom. The van der Waals surface area contributed by atoms with Gasteiger partial charge in [-0.2, -0.15) is 0 Å². The van der Waals surface area contributed by atoms with Crippen LogP contribution in [0.2, 0.25) is 0 Å². The molecule has 110 valence electrons. The molecule has 0 spiro atoms. The summed E-state index contributed by atoms with van der Waals surface area (Å²) < 4.78 is 11.9. The second kappa shape index (κ2) is 6.49. The Hall–Kier alpha value is -1.53. The number of ether oxygens (including phenoxy) is 2. The number of ketones is 1. The van der Waals surface area contributed by atoms with Crippen LogP contribution in [0, 0.1) is 0 Å². The molecule has 0 atom stereocenters. The lowest BCUT2D eigenvalue weighted by atomic mass is 10.0. The molecule has 0 aliphatic rings. The fourth-order valence-electron chi connectivity index (χ4n) is 1.90. The van der Waals surface area contributed by atoms with Crippen molar-refractivity contribution in [3.63, 3.8) is 0 Å². The molecule has 2 aromatic rings. The maximum absolute atomic E-state index is 12.7. The van der Waals surface area contributed by atoms with E-state index in [0.29, 0.717) is 37.3 Å². The van der Waals surface area contributed by atoms with Gasteiger partial charge in [0.25, 0.3) is 0 Å². The zero-order chi connectivity index (χ0) is 15.6. The van der Waals surface area contributed by atoms with Crippen molar-refractivity contribution < 1.29 is 14.3 Å². The Morgan fingerprint density at radius 1 is 0.952 bits per heavy atom. The lowest BCUT2D eigenvalue weighted by Crippen LogP contribution is -2.06. The number of rotatable bonds is 4. The highest BCUT2D eigenvalue weighted by atomic mass is 79.9. The Morgan fingerprint density at radius 2 is 1.62 bits per heavy atom. The van der Waals surface area contributed by atoms with Crippen LogP contribution in [0.5, 0.6) is 11.5 Å². The zero-order valence-corrected chi connectivity index (χ0v) is 14.6. The van der Waals surface area contributed by atoms with E-state index in [-0.39, 0.29) is 5.78 Å². The average molecular weight is 415 g/mol. The van der Waals surface area contributed by atoms with E-state index in [0.717, 1.165) is 0 Å². The zero-order valence-electron chi connectivity index (χ0n) is 11.4. The average Bonchev–Trinajstić information content (AvgIpc) is 2.48. The topological polar surface area (TPSA) is 61.5 Å². The summed E-state index contributed by atoms with van der Waals surface area (Å²) in [7, 11) is 3.05. The summed E-state index contributed by atoms with van der Waals surface area (Å²) >= 11 is 6.74. The van der Waals surface area contributed by atoms with Crippen LogP contribution in [-0.4, -0.2) is 20.0 Å². The minimum atomic E-state index is -0.197. The predicted molar refractivity (Wildman–Crippen MR) is 89.2 cm³/mol. The Balaban J connectivity index is 2.59. The van der Waals surface area contributed by atoms with E-state index in [4.69, 9.17) is 15.2 Å². The molecule has 0 bridgehead atoms. The van der Waals surface area contributed by atoms with E-state index in [1.807, 2.05) is 0 Å². The fraction of sp³-hybridized carbons (Fsp3) is 0.133. The van der Waals surface area contributed by atoms with Gasteiger partial charge in [-0.05, 0) is 46.3 Å². The molecule has 0 heterocycles. The van der Waals surface area contributed by atoms with Crippen LogP contribution < -0.4 is 15.2 Å². The molecule has 0 saturated carbocycles. The Bertz CT molecular complexity index is 702. The smallest absolute Gasteiger partial charge is 0.198 e. The molecular formula is C15H13Br2NO3. The van der Waals surface area contributed by atoms with Gasteiger partial charge in [0.1, 0.15) is 11.5 Å². The van der Waals surface area contributed by atoms with E-state index in [2.05, 4.69) is 31.9 Å². The van der Waals surface area contributed by atoms with Gasteiger partial charge in [0.15, 0.2) is 5.78 Å². The van der Waals surface area contributed by atoms with Gasteiger partial charge in [0.2, 0.25) is 0 Å². The summed E-state index contributed by atoms with van der Waals surface area (Å²) in [4.78, 5) is 12.7. The van der Waals surface area contributed by atoms with Crippen molar-refractivity contribution in [3.8, 4) is 11.5 Å². The SMILES string of the molecule is COc1cc(C(=O)c2cc(N)ccc2Br)c(OC)cc1Br. The molecule has 2 aromatic carbocycles. The molecule has 4 nitrogen and oxygen atoms in total. The standard InChI is InChI=1S/C15H13Br2NO3/c1-20-13-7-12(17)14(21-2)6-10(13)15(19)9-5-8(18)3-4-11(9)16/h3-7H,18H2,1-2H3. The molecule has 6 heteroatoms. The second-order valence-corrected chi connectivity index (χ2v) is 5.96. The molecule has 0 radical (unpaired) electrons. The van der Waals surface area contributed by atoms with Gasteiger partial charge in [-0.25, -0.2) is 0 Å². The number of methoxy groups -OCH3 is 2. The van der Waals surface area contributed by atoms with Gasteiger partial charge in [-0.3, -0.25) is 4.79 Å². The third kappa shape index (κ3) is 3.22. The van der Waals surface area contributed by atoms with Crippen molar-refractivity contribution in [2.45, 2.75) is 0 Å². The molecule has 0 aliphatic heterocycles. The number of halogens is 2. The lowest BCUT2D eigenvalue weighted by molar-refractivity contribution is 0.103. The molecule has 2 rings (SSSR count). The van der Waals surface area contributed by atoms with Crippen LogP contribution >= 0.6 is 31.9 Å². The molecule has 0 unspecified atom stereocenters. The number of benzene rings is 2. The van der Waals surface area contributed by atoms with Crippen molar-refractivity contribution in [1.29, 1.82) is 0 Å². The molecule has 0 aliphatic carbocycles. The van der Waals surface area contributed by atoms with Crippen LogP contribution in [0.25, 0.3) is 0 Å². The third-order valence-electron chi connectivity index (χ3n) is 2.95. The van der Waals surface area contributed by atoms with Crippen LogP contribution in [0.3, 0.4) is 0 Å². The number of hydrogen-bond acceptors (Lipinski definition) is 4. The van der Waals surface area contributed by atoms with Crippen molar-refractivity contribution in [2.75, 3.05) is 20.0 Å². The number of carbonyl (C=O) groups is 1. The minimum absolute atomic E-state index is 0.197. The minimum Gasteiger partial charge on any atom is -0.496 e. The number of hydrogen-bond donors (Lipinski definition) is 1. The lowest BCUT2D eigenvalue weighted by Gasteiger charge is -2.12. The third-order valence-corrected chi connectivity index (χ3v) is 4.26. The van der Waals surface area contributed by atoms with Gasteiger partial charge in [-0.15, -0.1) is 0 Å². The summed E-state index contributed by atoms with van der Waals surface area (Å²) in [5, 5.41) is 0. The maximum atomic E-state index is 12.7. The van der Waals surface area contributed by atoms with Crippen molar-refractivity contribution >= 4 is 43.3 Å². The van der Waals surface area contributed by atoms with Gasteiger partial charge in [0, 0.05) is 15.7 Å². The van der Waals surface area contributed by atoms with Gasteiger partial charge in [-0.1, -0.05) is 15.9 Å². The number of nitrogens with two attached hydrogens (primary N) is 1. The van der Waals surface area contributed by atoms with Crippen molar-refractivity contribution in [1.82, 2.24) is 0 Å². The first-order valence-electron chi connectivity index (χ1n) is 5.99. The van der Waals surface area contributed by atoms with Crippen LogP contribution in [0.4, 0.5) is 5.69 Å². The largest absolute Gasteiger partial charge is 0.496 e. The van der Waals surface area contributed by atoms with E-state index < -0.39 is 0 Å². The first-order chi connectivity index (χ1) is 9.97. The molecule has 21 heavy (non-hydrogen) atoms. The summed E-state index contributed by atoms with van der Waals surface area (Å²) in [6.45, 7) is 0. The molecular weight excluding hydrogens is 402 g/mol. The highest BCUT2D eigenvalue weighted by molar-refractivity contribution is 9.10. The normalized spacial score (nSPS) is 10.3. The van der Waals surface area contributed by atoms with Gasteiger partial charge >= 0.3 is 0 Å². The number of anilines is 1. The predicted octanol–water partition coefficient (Wildman–Crippen LogP) is 4.04. The van der Waals surface area contributed by atoms with Gasteiger partial charge in [0.05, 0.1) is 24.3 Å². The van der Waals surface area contributed by atoms with Crippen LogP contribution in [0.1, 0.15) is 15.9 Å². The van der Waals surface area contributed by atoms with E-state index in [9.17, 15) is 4.79 Å².